The van der Waals surface area contributed by atoms with E-state index in [1.54, 1.807) is 38.3 Å². The second kappa shape index (κ2) is 6.36. The van der Waals surface area contributed by atoms with E-state index in [9.17, 15) is 4.79 Å². The minimum atomic E-state index is -0.507. The highest BCUT2D eigenvalue weighted by Crippen LogP contribution is 2.27. The van der Waals surface area contributed by atoms with Crippen molar-refractivity contribution in [3.05, 3.63) is 65.9 Å². The van der Waals surface area contributed by atoms with Crippen molar-refractivity contribution >= 4 is 5.97 Å². The van der Waals surface area contributed by atoms with E-state index in [0.717, 1.165) is 5.56 Å². The molecule has 23 heavy (non-hydrogen) atoms. The van der Waals surface area contributed by atoms with Crippen LogP contribution in [0.2, 0.25) is 0 Å². The summed E-state index contributed by atoms with van der Waals surface area (Å²) in [6, 6.07) is 16.1. The fraction of sp³-hybridized carbons (Fsp3) is 0.111. The van der Waals surface area contributed by atoms with Gasteiger partial charge in [0.2, 0.25) is 0 Å². The van der Waals surface area contributed by atoms with Gasteiger partial charge in [0, 0.05) is 5.56 Å². The van der Waals surface area contributed by atoms with E-state index in [2.05, 4.69) is 5.16 Å². The zero-order valence-electron chi connectivity index (χ0n) is 12.8. The monoisotopic (exact) mass is 309 g/mol. The summed E-state index contributed by atoms with van der Waals surface area (Å²) in [5.41, 5.74) is 1.60. The molecule has 1 aromatic heterocycles. The van der Waals surface area contributed by atoms with Crippen LogP contribution in [0.4, 0.5) is 0 Å². The molecular weight excluding hydrogens is 294 g/mol. The van der Waals surface area contributed by atoms with Crippen LogP contribution in [0, 0.1) is 6.92 Å². The van der Waals surface area contributed by atoms with Gasteiger partial charge in [-0.1, -0.05) is 35.5 Å². The standard InChI is InChI=1S/C18H15NO4/c1-12-16(17(19-23-12)13-6-4-3-5-7-13)18(20)22-15-10-8-14(21-2)9-11-15/h3-11H,1-2H3. The van der Waals surface area contributed by atoms with Crippen molar-refractivity contribution in [2.75, 3.05) is 7.11 Å². The Morgan fingerprint density at radius 1 is 1.00 bits per heavy atom. The highest BCUT2D eigenvalue weighted by molar-refractivity contribution is 5.98. The highest BCUT2D eigenvalue weighted by Gasteiger charge is 2.23. The van der Waals surface area contributed by atoms with Crippen molar-refractivity contribution in [1.82, 2.24) is 5.16 Å². The molecule has 0 aliphatic carbocycles. The first-order valence-corrected chi connectivity index (χ1v) is 7.07. The molecule has 0 spiro atoms. The van der Waals surface area contributed by atoms with E-state index in [-0.39, 0.29) is 0 Å². The molecule has 0 atom stereocenters. The lowest BCUT2D eigenvalue weighted by atomic mass is 10.1. The molecular formula is C18H15NO4. The third-order valence-electron chi connectivity index (χ3n) is 3.38. The van der Waals surface area contributed by atoms with Crippen LogP contribution in [0.25, 0.3) is 11.3 Å². The molecule has 0 saturated carbocycles. The molecule has 0 unspecified atom stereocenters. The van der Waals surface area contributed by atoms with Gasteiger partial charge in [-0.05, 0) is 31.2 Å². The highest BCUT2D eigenvalue weighted by atomic mass is 16.5. The lowest BCUT2D eigenvalue weighted by Gasteiger charge is -2.06. The second-order valence-electron chi connectivity index (χ2n) is 4.89. The molecule has 5 heteroatoms. The van der Waals surface area contributed by atoms with Gasteiger partial charge in [0.05, 0.1) is 7.11 Å². The van der Waals surface area contributed by atoms with Gasteiger partial charge in [-0.25, -0.2) is 4.79 Å². The lowest BCUT2D eigenvalue weighted by Crippen LogP contribution is -2.10. The van der Waals surface area contributed by atoms with Crippen LogP contribution in [0.1, 0.15) is 16.1 Å². The number of benzene rings is 2. The molecule has 3 aromatic rings. The van der Waals surface area contributed by atoms with Crippen LogP contribution in [0.3, 0.4) is 0 Å². The molecule has 0 fully saturated rings. The van der Waals surface area contributed by atoms with Gasteiger partial charge in [-0.15, -0.1) is 0 Å². The molecule has 0 aliphatic heterocycles. The van der Waals surface area contributed by atoms with E-state index in [1.165, 1.54) is 0 Å². The second-order valence-corrected chi connectivity index (χ2v) is 4.89. The van der Waals surface area contributed by atoms with Crippen LogP contribution < -0.4 is 9.47 Å². The summed E-state index contributed by atoms with van der Waals surface area (Å²) in [5.74, 6) is 1.03. The average molecular weight is 309 g/mol. The molecule has 0 N–H and O–H groups in total. The molecule has 0 bridgehead atoms. The van der Waals surface area contributed by atoms with Crippen molar-refractivity contribution in [2.24, 2.45) is 0 Å². The molecule has 0 amide bonds. The zero-order valence-corrected chi connectivity index (χ0v) is 12.8. The molecule has 2 aromatic carbocycles. The van der Waals surface area contributed by atoms with Crippen LogP contribution in [-0.2, 0) is 0 Å². The quantitative estimate of drug-likeness (QED) is 0.540. The Bertz CT molecular complexity index is 807. The number of aromatic nitrogens is 1. The van der Waals surface area contributed by atoms with Crippen molar-refractivity contribution in [3.63, 3.8) is 0 Å². The first-order valence-electron chi connectivity index (χ1n) is 7.07. The lowest BCUT2D eigenvalue weighted by molar-refractivity contribution is 0.0733. The molecule has 5 nitrogen and oxygen atoms in total. The smallest absolute Gasteiger partial charge is 0.349 e. The number of methoxy groups -OCH3 is 1. The molecule has 1 heterocycles. The third-order valence-corrected chi connectivity index (χ3v) is 3.38. The number of carbonyl (C=O) groups excluding carboxylic acids is 1. The Hall–Kier alpha value is -3.08. The van der Waals surface area contributed by atoms with Gasteiger partial charge in [0.1, 0.15) is 28.5 Å². The SMILES string of the molecule is COc1ccc(OC(=O)c2c(-c3ccccc3)noc2C)cc1. The number of nitrogens with zero attached hydrogens (tertiary/aromatic N) is 1. The minimum Gasteiger partial charge on any atom is -0.497 e. The Morgan fingerprint density at radius 2 is 1.65 bits per heavy atom. The third kappa shape index (κ3) is 3.08. The van der Waals surface area contributed by atoms with E-state index < -0.39 is 5.97 Å². The molecule has 0 aliphatic rings. The number of hydrogen-bond donors (Lipinski definition) is 0. The number of esters is 1. The van der Waals surface area contributed by atoms with Crippen molar-refractivity contribution in [2.45, 2.75) is 6.92 Å². The number of hydrogen-bond acceptors (Lipinski definition) is 5. The van der Waals surface area contributed by atoms with Gasteiger partial charge < -0.3 is 14.0 Å². The topological polar surface area (TPSA) is 61.6 Å². The van der Waals surface area contributed by atoms with Gasteiger partial charge in [-0.3, -0.25) is 0 Å². The van der Waals surface area contributed by atoms with Gasteiger partial charge in [-0.2, -0.15) is 0 Å². The Labute approximate surface area is 133 Å². The normalized spacial score (nSPS) is 10.3. The Kier molecular flexibility index (Phi) is 4.10. The summed E-state index contributed by atoms with van der Waals surface area (Å²) in [5, 5.41) is 3.98. The Morgan fingerprint density at radius 3 is 2.30 bits per heavy atom. The molecule has 0 radical (unpaired) electrons. The first kappa shape index (κ1) is 14.8. The van der Waals surface area contributed by atoms with Crippen molar-refractivity contribution in [1.29, 1.82) is 0 Å². The number of ether oxygens (including phenoxy) is 2. The number of carbonyl (C=O) groups is 1. The summed E-state index contributed by atoms with van der Waals surface area (Å²) in [6.45, 7) is 1.68. The number of aryl methyl sites for hydroxylation is 1. The van der Waals surface area contributed by atoms with Crippen LogP contribution in [0.5, 0.6) is 11.5 Å². The number of rotatable bonds is 4. The van der Waals surface area contributed by atoms with E-state index >= 15 is 0 Å². The van der Waals surface area contributed by atoms with Crippen LogP contribution >= 0.6 is 0 Å². The van der Waals surface area contributed by atoms with Gasteiger partial charge in [0.25, 0.3) is 0 Å². The van der Waals surface area contributed by atoms with Gasteiger partial charge >= 0.3 is 5.97 Å². The Balaban J connectivity index is 1.89. The summed E-state index contributed by atoms with van der Waals surface area (Å²) in [6.07, 6.45) is 0. The first-order chi connectivity index (χ1) is 11.2. The fourth-order valence-corrected chi connectivity index (χ4v) is 2.21. The van der Waals surface area contributed by atoms with Gasteiger partial charge in [0.15, 0.2) is 0 Å². The summed E-state index contributed by atoms with van der Waals surface area (Å²) >= 11 is 0. The van der Waals surface area contributed by atoms with Crippen LogP contribution in [0.15, 0.2) is 59.1 Å². The molecule has 116 valence electrons. The summed E-state index contributed by atoms with van der Waals surface area (Å²) in [4.78, 5) is 12.5. The largest absolute Gasteiger partial charge is 0.497 e. The minimum absolute atomic E-state index is 0.326. The van der Waals surface area contributed by atoms with Crippen molar-refractivity contribution < 1.29 is 18.8 Å². The maximum absolute atomic E-state index is 12.5. The van der Waals surface area contributed by atoms with E-state index in [0.29, 0.717) is 28.5 Å². The predicted octanol–water partition coefficient (Wildman–Crippen LogP) is 3.88. The summed E-state index contributed by atoms with van der Waals surface area (Å²) in [7, 11) is 1.58. The average Bonchev–Trinajstić information content (AvgIpc) is 2.98. The fourth-order valence-electron chi connectivity index (χ4n) is 2.21. The van der Waals surface area contributed by atoms with E-state index in [1.807, 2.05) is 30.3 Å². The maximum Gasteiger partial charge on any atom is 0.349 e. The van der Waals surface area contributed by atoms with E-state index in [4.69, 9.17) is 14.0 Å². The molecule has 3 rings (SSSR count). The zero-order chi connectivity index (χ0) is 16.2. The van der Waals surface area contributed by atoms with Crippen molar-refractivity contribution in [3.8, 4) is 22.8 Å². The van der Waals surface area contributed by atoms with Crippen LogP contribution in [-0.4, -0.2) is 18.2 Å². The summed E-state index contributed by atoms with van der Waals surface area (Å²) < 4.78 is 15.7. The maximum atomic E-state index is 12.5. The molecule has 0 saturated heterocycles. The predicted molar refractivity (Wildman–Crippen MR) is 84.6 cm³/mol.